The molecule has 1 saturated heterocycles. The van der Waals surface area contributed by atoms with Crippen molar-refractivity contribution in [1.29, 1.82) is 0 Å². The van der Waals surface area contributed by atoms with Crippen molar-refractivity contribution >= 4 is 18.8 Å². The molecule has 0 radical (unpaired) electrons. The summed E-state index contributed by atoms with van der Waals surface area (Å²) in [4.78, 5) is 31.6. The highest BCUT2D eigenvalue weighted by molar-refractivity contribution is 5.78. The summed E-state index contributed by atoms with van der Waals surface area (Å²) in [6.07, 6.45) is 0.920. The van der Waals surface area contributed by atoms with Crippen LogP contribution in [0.4, 0.5) is 4.79 Å². The summed E-state index contributed by atoms with van der Waals surface area (Å²) in [5.41, 5.74) is 0.190. The van der Waals surface area contributed by atoms with Crippen LogP contribution in [0.25, 0.3) is 0 Å². The summed E-state index contributed by atoms with van der Waals surface area (Å²) >= 11 is 0. The van der Waals surface area contributed by atoms with Crippen molar-refractivity contribution in [2.75, 3.05) is 13.1 Å². The third kappa shape index (κ3) is 7.08. The molecule has 1 aromatic carbocycles. The maximum absolute atomic E-state index is 13.4. The maximum atomic E-state index is 13.4. The second-order valence-corrected chi connectivity index (χ2v) is 10.7. The molecule has 0 bridgehead atoms. The topological polar surface area (TPSA) is 68.2 Å². The minimum atomic E-state index is -0.774. The number of likely N-dealkylation sites (tertiary alicyclic amines) is 1. The van der Waals surface area contributed by atoms with E-state index in [0.29, 0.717) is 26.1 Å². The third-order valence-corrected chi connectivity index (χ3v) is 5.46. The molecule has 0 aliphatic carbocycles. The molecule has 1 aliphatic rings. The molecule has 0 aromatic heterocycles. The zero-order valence-corrected chi connectivity index (χ0v) is 20.2. The van der Waals surface area contributed by atoms with Crippen LogP contribution in [0.15, 0.2) is 29.3 Å². The number of benzene rings is 1. The lowest BCUT2D eigenvalue weighted by molar-refractivity contribution is -0.170. The Labute approximate surface area is 187 Å². The van der Waals surface area contributed by atoms with Crippen LogP contribution in [-0.2, 0) is 27.2 Å². The van der Waals surface area contributed by atoms with Crippen molar-refractivity contribution < 1.29 is 19.1 Å². The van der Waals surface area contributed by atoms with Crippen molar-refractivity contribution in [3.63, 3.8) is 0 Å². The molecule has 1 aromatic rings. The lowest BCUT2D eigenvalue weighted by Gasteiger charge is -2.36. The van der Waals surface area contributed by atoms with E-state index in [4.69, 9.17) is 9.47 Å². The van der Waals surface area contributed by atoms with E-state index in [1.165, 1.54) is 0 Å². The molecule has 1 aliphatic heterocycles. The van der Waals surface area contributed by atoms with E-state index in [2.05, 4.69) is 17.8 Å². The van der Waals surface area contributed by atoms with Gasteiger partial charge in [-0.25, -0.2) is 4.79 Å². The van der Waals surface area contributed by atoms with Gasteiger partial charge < -0.3 is 14.4 Å². The first-order valence-electron chi connectivity index (χ1n) is 11.0. The number of ether oxygens (including phenoxy) is 2. The van der Waals surface area contributed by atoms with Crippen LogP contribution >= 0.6 is 0 Å². The van der Waals surface area contributed by atoms with Crippen LogP contribution in [0.5, 0.6) is 0 Å². The molecule has 0 N–H and O–H groups in total. The van der Waals surface area contributed by atoms with Crippen molar-refractivity contribution in [3.05, 3.63) is 35.4 Å². The molecular weight excluding hydrogens is 392 g/mol. The number of amides is 1. The fourth-order valence-corrected chi connectivity index (χ4v) is 3.94. The van der Waals surface area contributed by atoms with E-state index in [9.17, 15) is 9.59 Å². The summed E-state index contributed by atoms with van der Waals surface area (Å²) in [6, 6.07) is 8.07. The van der Waals surface area contributed by atoms with Gasteiger partial charge in [0.15, 0.2) is 0 Å². The van der Waals surface area contributed by atoms with E-state index in [1.54, 1.807) is 4.90 Å². The monoisotopic (exact) mass is 430 g/mol. The first kappa shape index (κ1) is 24.9. The van der Waals surface area contributed by atoms with Gasteiger partial charge in [-0.15, -0.1) is 0 Å². The number of hydrogen-bond donors (Lipinski definition) is 0. The Morgan fingerprint density at radius 3 is 2.26 bits per heavy atom. The Bertz CT molecular complexity index is 806. The van der Waals surface area contributed by atoms with Crippen LogP contribution in [0.1, 0.15) is 66.0 Å². The fraction of sp³-hybridized carbons (Fsp3) is 0.640. The quantitative estimate of drug-likeness (QED) is 0.469. The van der Waals surface area contributed by atoms with Gasteiger partial charge in [-0.1, -0.05) is 24.3 Å². The Morgan fingerprint density at radius 2 is 1.68 bits per heavy atom. The average Bonchev–Trinajstić information content (AvgIpc) is 3.10. The summed E-state index contributed by atoms with van der Waals surface area (Å²) in [5, 5.41) is 0. The second kappa shape index (κ2) is 9.41. The van der Waals surface area contributed by atoms with Crippen LogP contribution < -0.4 is 0 Å². The minimum absolute atomic E-state index is 0.0314. The maximum Gasteiger partial charge on any atom is 0.410 e. The minimum Gasteiger partial charge on any atom is -0.460 e. The zero-order valence-electron chi connectivity index (χ0n) is 20.2. The highest BCUT2D eigenvalue weighted by Gasteiger charge is 2.47. The molecule has 31 heavy (non-hydrogen) atoms. The lowest BCUT2D eigenvalue weighted by Crippen LogP contribution is -2.44. The van der Waals surface area contributed by atoms with E-state index in [-0.39, 0.29) is 18.0 Å². The number of carbonyl (C=O) groups is 2. The number of carbonyl (C=O) groups excluding carboxylic acids is 2. The lowest BCUT2D eigenvalue weighted by atomic mass is 9.72. The van der Waals surface area contributed by atoms with E-state index < -0.39 is 16.6 Å². The van der Waals surface area contributed by atoms with Gasteiger partial charge in [-0.05, 0) is 85.1 Å². The molecule has 1 unspecified atom stereocenters. The molecule has 1 fully saturated rings. The predicted octanol–water partition coefficient (Wildman–Crippen LogP) is 5.03. The predicted molar refractivity (Wildman–Crippen MR) is 123 cm³/mol. The molecule has 1 heterocycles. The number of rotatable bonds is 6. The molecule has 6 nitrogen and oxygen atoms in total. The average molecular weight is 431 g/mol. The van der Waals surface area contributed by atoms with Crippen LogP contribution in [-0.4, -0.2) is 48.0 Å². The first-order chi connectivity index (χ1) is 14.2. The number of nitrogens with zero attached hydrogens (tertiary/aromatic N) is 2. The zero-order chi connectivity index (χ0) is 23.4. The molecule has 2 atom stereocenters. The van der Waals surface area contributed by atoms with Crippen molar-refractivity contribution in [3.8, 4) is 0 Å². The molecular formula is C25H38N2O4. The van der Waals surface area contributed by atoms with Crippen molar-refractivity contribution in [1.82, 2.24) is 4.90 Å². The van der Waals surface area contributed by atoms with Gasteiger partial charge in [0.1, 0.15) is 11.2 Å². The van der Waals surface area contributed by atoms with Gasteiger partial charge in [0.25, 0.3) is 0 Å². The SMILES string of the molecule is C=NCc1cccc(CC(C)(C(=O)OC(C)(C)C)[C@H]2CCN(C(=O)OC(C)(C)C)C2)c1. The van der Waals surface area contributed by atoms with Crippen LogP contribution in [0.2, 0.25) is 0 Å². The van der Waals surface area contributed by atoms with Crippen molar-refractivity contribution in [2.45, 2.75) is 79.1 Å². The third-order valence-electron chi connectivity index (χ3n) is 5.46. The summed E-state index contributed by atoms with van der Waals surface area (Å²) in [7, 11) is 0. The Balaban J connectivity index is 2.28. The van der Waals surface area contributed by atoms with Gasteiger partial charge in [0, 0.05) is 13.1 Å². The summed E-state index contributed by atoms with van der Waals surface area (Å²) in [6.45, 7) is 18.3. The van der Waals surface area contributed by atoms with Gasteiger partial charge in [0.05, 0.1) is 12.0 Å². The molecule has 2 rings (SSSR count). The Morgan fingerprint density at radius 1 is 1.06 bits per heavy atom. The standard InChI is InChI=1S/C25H38N2O4/c1-23(2,3)30-21(28)25(7,15-18-10-9-11-19(14-18)16-26-8)20-12-13-27(17-20)22(29)31-24(4,5)6/h9-11,14,20H,8,12-13,15-17H2,1-7H3/t20-,25?/m0/s1. The molecule has 0 spiro atoms. The van der Waals surface area contributed by atoms with Crippen LogP contribution in [0.3, 0.4) is 0 Å². The molecule has 1 amide bonds. The summed E-state index contributed by atoms with van der Waals surface area (Å²) < 4.78 is 11.4. The van der Waals surface area contributed by atoms with E-state index >= 15 is 0 Å². The Kier molecular flexibility index (Phi) is 7.56. The fourth-order valence-electron chi connectivity index (χ4n) is 3.94. The van der Waals surface area contributed by atoms with Crippen LogP contribution in [0, 0.1) is 11.3 Å². The highest BCUT2D eigenvalue weighted by Crippen LogP contribution is 2.40. The van der Waals surface area contributed by atoms with Gasteiger partial charge in [-0.2, -0.15) is 0 Å². The second-order valence-electron chi connectivity index (χ2n) is 10.7. The number of aliphatic imine (C=N–C) groups is 1. The molecule has 0 saturated carbocycles. The largest absolute Gasteiger partial charge is 0.460 e. The smallest absolute Gasteiger partial charge is 0.410 e. The van der Waals surface area contributed by atoms with E-state index in [1.807, 2.05) is 66.7 Å². The van der Waals surface area contributed by atoms with Gasteiger partial charge in [0.2, 0.25) is 0 Å². The van der Waals surface area contributed by atoms with Gasteiger partial charge in [-0.3, -0.25) is 9.79 Å². The van der Waals surface area contributed by atoms with Crippen molar-refractivity contribution in [2.24, 2.45) is 16.3 Å². The Hall–Kier alpha value is -2.37. The first-order valence-corrected chi connectivity index (χ1v) is 11.0. The number of esters is 1. The molecule has 6 heteroatoms. The molecule has 172 valence electrons. The summed E-state index contributed by atoms with van der Waals surface area (Å²) in [5.74, 6) is -0.264. The normalized spacial score (nSPS) is 18.9. The highest BCUT2D eigenvalue weighted by atomic mass is 16.6. The van der Waals surface area contributed by atoms with E-state index in [0.717, 1.165) is 17.5 Å². The van der Waals surface area contributed by atoms with Gasteiger partial charge >= 0.3 is 12.1 Å². The number of hydrogen-bond acceptors (Lipinski definition) is 5.